The predicted octanol–water partition coefficient (Wildman–Crippen LogP) is 4.72. The number of amides is 1. The number of hydrogen-bond donors (Lipinski definition) is 1. The predicted molar refractivity (Wildman–Crippen MR) is 133 cm³/mol. The van der Waals surface area contributed by atoms with E-state index in [0.29, 0.717) is 15.5 Å². The summed E-state index contributed by atoms with van der Waals surface area (Å²) in [7, 11) is 0. The number of para-hydroxylation sites is 1. The lowest BCUT2D eigenvalue weighted by molar-refractivity contribution is -0.113. The second kappa shape index (κ2) is 10.0. The van der Waals surface area contributed by atoms with E-state index in [4.69, 9.17) is 4.98 Å². The Labute approximate surface area is 196 Å². The summed E-state index contributed by atoms with van der Waals surface area (Å²) in [5.74, 6) is 0.0547. The van der Waals surface area contributed by atoms with Crippen LogP contribution in [-0.4, -0.2) is 39.3 Å². The van der Waals surface area contributed by atoms with Crippen molar-refractivity contribution in [3.63, 3.8) is 0 Å². The fraction of sp³-hybridized carbons (Fsp3) is 0.478. The highest BCUT2D eigenvalue weighted by Gasteiger charge is 2.21. The summed E-state index contributed by atoms with van der Waals surface area (Å²) in [5.41, 5.74) is 2.33. The molecule has 0 spiro atoms. The number of piperidine rings is 1. The van der Waals surface area contributed by atoms with Gasteiger partial charge in [0, 0.05) is 24.8 Å². The molecule has 0 bridgehead atoms. The van der Waals surface area contributed by atoms with E-state index in [2.05, 4.69) is 22.1 Å². The number of carbonyl (C=O) groups is 1. The molecule has 1 aliphatic rings. The van der Waals surface area contributed by atoms with E-state index in [1.54, 1.807) is 4.57 Å². The van der Waals surface area contributed by atoms with Crippen molar-refractivity contribution in [1.82, 2.24) is 14.5 Å². The molecule has 1 amide bonds. The van der Waals surface area contributed by atoms with Gasteiger partial charge in [0.05, 0.1) is 5.75 Å². The molecule has 1 fully saturated rings. The Hall–Kier alpha value is -2.39. The second-order valence-electron chi connectivity index (χ2n) is 8.21. The number of hydrogen-bond acceptors (Lipinski definition) is 7. The average Bonchev–Trinajstić information content (AvgIpc) is 3.23. The van der Waals surface area contributed by atoms with Crippen LogP contribution < -0.4 is 15.8 Å². The molecule has 0 atom stereocenters. The van der Waals surface area contributed by atoms with Gasteiger partial charge >= 0.3 is 0 Å². The minimum Gasteiger partial charge on any atom is -0.348 e. The molecule has 32 heavy (non-hydrogen) atoms. The van der Waals surface area contributed by atoms with Gasteiger partial charge in [-0.3, -0.25) is 14.2 Å². The van der Waals surface area contributed by atoms with Crippen molar-refractivity contribution in [3.05, 3.63) is 40.2 Å². The number of aromatic nitrogens is 3. The van der Waals surface area contributed by atoms with Crippen molar-refractivity contribution >= 4 is 50.2 Å². The number of nitrogens with zero attached hydrogens (tertiary/aromatic N) is 4. The number of benzene rings is 1. The number of thiazole rings is 1. The number of nitrogens with one attached hydrogen (secondary N) is 1. The van der Waals surface area contributed by atoms with Gasteiger partial charge in [0.25, 0.3) is 5.56 Å². The lowest BCUT2D eigenvalue weighted by atomic mass is 10.1. The standard InChI is InChI=1S/C23H29N5O2S2/c1-4-16-10-6-7-11-17(16)24-18(29)14-31-23-26-20-19(21(30)28(23)15(2)3)32-22(25-20)27-12-8-5-9-13-27/h6-7,10-11,15H,4-5,8-9,12-14H2,1-3H3,(H,24,29). The molecule has 1 N–H and O–H groups in total. The fourth-order valence-corrected chi connectivity index (χ4v) is 5.81. The topological polar surface area (TPSA) is 80.1 Å². The molecular formula is C23H29N5O2S2. The van der Waals surface area contributed by atoms with Crippen LogP contribution in [0.1, 0.15) is 51.6 Å². The number of rotatable bonds is 7. The summed E-state index contributed by atoms with van der Waals surface area (Å²) in [4.78, 5) is 37.5. The molecular weight excluding hydrogens is 442 g/mol. The molecule has 7 nitrogen and oxygen atoms in total. The van der Waals surface area contributed by atoms with Gasteiger partial charge in [0.15, 0.2) is 15.9 Å². The summed E-state index contributed by atoms with van der Waals surface area (Å²) >= 11 is 2.71. The lowest BCUT2D eigenvalue weighted by Crippen LogP contribution is -2.29. The normalized spacial score (nSPS) is 14.3. The van der Waals surface area contributed by atoms with E-state index in [9.17, 15) is 9.59 Å². The Morgan fingerprint density at radius 3 is 2.66 bits per heavy atom. The maximum Gasteiger partial charge on any atom is 0.274 e. The van der Waals surface area contributed by atoms with Crippen LogP contribution in [0.2, 0.25) is 0 Å². The number of fused-ring (bicyclic) bond motifs is 1. The van der Waals surface area contributed by atoms with Crippen LogP contribution in [0.25, 0.3) is 10.3 Å². The van der Waals surface area contributed by atoms with Gasteiger partial charge in [0.2, 0.25) is 5.91 Å². The van der Waals surface area contributed by atoms with Crippen LogP contribution in [0.5, 0.6) is 0 Å². The van der Waals surface area contributed by atoms with Gasteiger partial charge < -0.3 is 10.2 Å². The van der Waals surface area contributed by atoms with Crippen molar-refractivity contribution < 1.29 is 4.79 Å². The Kier molecular flexibility index (Phi) is 7.15. The van der Waals surface area contributed by atoms with Crippen molar-refractivity contribution in [2.45, 2.75) is 57.7 Å². The lowest BCUT2D eigenvalue weighted by Gasteiger charge is -2.25. The van der Waals surface area contributed by atoms with Gasteiger partial charge in [0.1, 0.15) is 4.70 Å². The molecule has 0 saturated carbocycles. The third kappa shape index (κ3) is 4.83. The van der Waals surface area contributed by atoms with Gasteiger partial charge in [-0.15, -0.1) is 0 Å². The maximum atomic E-state index is 13.3. The van der Waals surface area contributed by atoms with E-state index in [0.717, 1.165) is 48.7 Å². The first-order valence-electron chi connectivity index (χ1n) is 11.2. The van der Waals surface area contributed by atoms with Gasteiger partial charge in [-0.2, -0.15) is 4.98 Å². The molecule has 1 aliphatic heterocycles. The molecule has 0 aliphatic carbocycles. The summed E-state index contributed by atoms with van der Waals surface area (Å²) in [6.07, 6.45) is 4.39. The largest absolute Gasteiger partial charge is 0.348 e. The highest BCUT2D eigenvalue weighted by atomic mass is 32.2. The first-order valence-corrected chi connectivity index (χ1v) is 13.0. The Balaban J connectivity index is 1.57. The minimum atomic E-state index is -0.118. The molecule has 2 aromatic heterocycles. The van der Waals surface area contributed by atoms with Crippen molar-refractivity contribution in [1.29, 1.82) is 0 Å². The summed E-state index contributed by atoms with van der Waals surface area (Å²) in [5, 5.41) is 4.39. The summed E-state index contributed by atoms with van der Waals surface area (Å²) in [6.45, 7) is 7.93. The van der Waals surface area contributed by atoms with Gasteiger partial charge in [-0.05, 0) is 51.2 Å². The SMILES string of the molecule is CCc1ccccc1NC(=O)CSc1nc2nc(N3CCCCC3)sc2c(=O)n1C(C)C. The van der Waals surface area contributed by atoms with Gasteiger partial charge in [-0.25, -0.2) is 4.98 Å². The smallest absolute Gasteiger partial charge is 0.274 e. The molecule has 1 aromatic carbocycles. The fourth-order valence-electron chi connectivity index (χ4n) is 3.90. The van der Waals surface area contributed by atoms with E-state index in [1.807, 2.05) is 38.1 Å². The number of anilines is 2. The van der Waals surface area contributed by atoms with E-state index in [-0.39, 0.29) is 23.3 Å². The molecule has 9 heteroatoms. The zero-order chi connectivity index (χ0) is 22.7. The molecule has 4 rings (SSSR count). The zero-order valence-electron chi connectivity index (χ0n) is 18.8. The van der Waals surface area contributed by atoms with Crippen LogP contribution in [0, 0.1) is 0 Å². The van der Waals surface area contributed by atoms with Crippen molar-refractivity contribution in [2.75, 3.05) is 29.1 Å². The highest BCUT2D eigenvalue weighted by Crippen LogP contribution is 2.30. The Bertz CT molecular complexity index is 1160. The molecule has 0 radical (unpaired) electrons. The van der Waals surface area contributed by atoms with Crippen LogP contribution in [0.3, 0.4) is 0 Å². The van der Waals surface area contributed by atoms with Crippen LogP contribution in [0.4, 0.5) is 10.8 Å². The highest BCUT2D eigenvalue weighted by molar-refractivity contribution is 7.99. The molecule has 1 saturated heterocycles. The first-order chi connectivity index (χ1) is 15.5. The van der Waals surface area contributed by atoms with Crippen molar-refractivity contribution in [3.8, 4) is 0 Å². The zero-order valence-corrected chi connectivity index (χ0v) is 20.4. The Morgan fingerprint density at radius 2 is 1.94 bits per heavy atom. The maximum absolute atomic E-state index is 13.3. The molecule has 3 heterocycles. The molecule has 3 aromatic rings. The summed E-state index contributed by atoms with van der Waals surface area (Å²) < 4.78 is 2.27. The second-order valence-corrected chi connectivity index (χ2v) is 10.1. The van der Waals surface area contributed by atoms with Crippen molar-refractivity contribution in [2.24, 2.45) is 0 Å². The monoisotopic (exact) mass is 471 g/mol. The van der Waals surface area contributed by atoms with E-state index < -0.39 is 0 Å². The van der Waals surface area contributed by atoms with Crippen LogP contribution in [0.15, 0.2) is 34.2 Å². The first kappa shape index (κ1) is 22.8. The van der Waals surface area contributed by atoms with Gasteiger partial charge in [-0.1, -0.05) is 48.2 Å². The van der Waals surface area contributed by atoms with E-state index in [1.165, 1.54) is 29.5 Å². The number of thioether (sulfide) groups is 1. The number of carbonyl (C=O) groups excluding carboxylic acids is 1. The molecule has 170 valence electrons. The third-order valence-corrected chi connectivity index (χ3v) is 7.61. The quantitative estimate of drug-likeness (QED) is 0.397. The van der Waals surface area contributed by atoms with Crippen LogP contribution >= 0.6 is 23.1 Å². The summed E-state index contributed by atoms with van der Waals surface area (Å²) in [6, 6.07) is 7.74. The Morgan fingerprint density at radius 1 is 1.19 bits per heavy atom. The average molecular weight is 472 g/mol. The number of aryl methyl sites for hydroxylation is 1. The van der Waals surface area contributed by atoms with Crippen LogP contribution in [-0.2, 0) is 11.2 Å². The third-order valence-electron chi connectivity index (χ3n) is 5.57. The molecule has 0 unspecified atom stereocenters. The van der Waals surface area contributed by atoms with E-state index >= 15 is 0 Å². The minimum absolute atomic E-state index is 0.0636.